The third kappa shape index (κ3) is 3.18. The van der Waals surface area contributed by atoms with Crippen LogP contribution in [0.5, 0.6) is 0 Å². The van der Waals surface area contributed by atoms with E-state index in [1.807, 2.05) is 12.1 Å². The van der Waals surface area contributed by atoms with Gasteiger partial charge in [-0.1, -0.05) is 0 Å². The van der Waals surface area contributed by atoms with Gasteiger partial charge in [-0.25, -0.2) is 4.98 Å². The minimum absolute atomic E-state index is 0.0825. The molecule has 0 radical (unpaired) electrons. The maximum atomic E-state index is 13.8. The Kier molecular flexibility index (Phi) is 4.41. The Balaban J connectivity index is 1.28. The molecular weight excluding hydrogens is 430 g/mol. The summed E-state index contributed by atoms with van der Waals surface area (Å²) in [7, 11) is 0. The Morgan fingerprint density at radius 2 is 1.85 bits per heavy atom. The smallest absolute Gasteiger partial charge is 0.255 e. The highest BCUT2D eigenvalue weighted by atomic mass is 16.3. The van der Waals surface area contributed by atoms with Crippen molar-refractivity contribution in [3.63, 3.8) is 0 Å². The molecule has 8 rings (SSSR count). The fourth-order valence-corrected chi connectivity index (χ4v) is 7.50. The number of aromatic nitrogens is 4. The van der Waals surface area contributed by atoms with Gasteiger partial charge in [0.25, 0.3) is 5.56 Å². The Hall–Kier alpha value is -3.16. The molecule has 2 N–H and O–H groups in total. The van der Waals surface area contributed by atoms with E-state index in [2.05, 4.69) is 15.4 Å². The first-order valence-electron chi connectivity index (χ1n) is 12.6. The van der Waals surface area contributed by atoms with Crippen molar-refractivity contribution in [2.24, 2.45) is 23.2 Å². The second-order valence-electron chi connectivity index (χ2n) is 11.0. The lowest BCUT2D eigenvalue weighted by molar-refractivity contribution is -0.140. The highest BCUT2D eigenvalue weighted by Gasteiger charge is 2.54. The van der Waals surface area contributed by atoms with E-state index < -0.39 is 0 Å². The van der Waals surface area contributed by atoms with Crippen LogP contribution in [-0.2, 0) is 17.6 Å². The summed E-state index contributed by atoms with van der Waals surface area (Å²) in [5.74, 6) is 3.58. The summed E-state index contributed by atoms with van der Waals surface area (Å²) in [5.41, 5.74) is 1.79. The van der Waals surface area contributed by atoms with Crippen molar-refractivity contribution >= 4 is 11.7 Å². The molecule has 0 aliphatic heterocycles. The van der Waals surface area contributed by atoms with E-state index in [4.69, 9.17) is 9.40 Å². The van der Waals surface area contributed by atoms with E-state index in [9.17, 15) is 9.59 Å². The number of carbonyl (C=O) groups excluding carboxylic acids is 1. The summed E-state index contributed by atoms with van der Waals surface area (Å²) >= 11 is 0. The van der Waals surface area contributed by atoms with E-state index in [-0.39, 0.29) is 16.9 Å². The normalized spacial score (nSPS) is 29.2. The van der Waals surface area contributed by atoms with Crippen LogP contribution in [0.25, 0.3) is 17.4 Å². The Morgan fingerprint density at radius 1 is 1.12 bits per heavy atom. The molecule has 5 aliphatic rings. The van der Waals surface area contributed by atoms with Gasteiger partial charge in [-0.15, -0.1) is 0 Å². The number of hydrogen-bond acceptors (Lipinski definition) is 5. The van der Waals surface area contributed by atoms with Gasteiger partial charge in [0.1, 0.15) is 11.5 Å². The van der Waals surface area contributed by atoms with E-state index in [1.165, 1.54) is 19.3 Å². The summed E-state index contributed by atoms with van der Waals surface area (Å²) in [6, 6.07) is 5.46. The number of furan rings is 1. The molecule has 4 fully saturated rings. The summed E-state index contributed by atoms with van der Waals surface area (Å²) in [6.07, 6.45) is 12.0. The number of H-pyrrole nitrogens is 1. The summed E-state index contributed by atoms with van der Waals surface area (Å²) in [5, 5.41) is 7.89. The topological polar surface area (TPSA) is 106 Å². The fourth-order valence-electron chi connectivity index (χ4n) is 7.50. The monoisotopic (exact) mass is 459 g/mol. The fraction of sp³-hybridized carbons (Fsp3) is 0.538. The van der Waals surface area contributed by atoms with Crippen LogP contribution in [0.2, 0.25) is 0 Å². The van der Waals surface area contributed by atoms with Crippen LogP contribution in [0.3, 0.4) is 0 Å². The zero-order chi connectivity index (χ0) is 22.9. The lowest BCUT2D eigenvalue weighted by Gasteiger charge is -2.55. The zero-order valence-electron chi connectivity index (χ0n) is 19.2. The highest BCUT2D eigenvalue weighted by Crippen LogP contribution is 2.60. The van der Waals surface area contributed by atoms with Crippen LogP contribution in [0, 0.1) is 23.2 Å². The molecule has 0 atom stereocenters. The number of carbonyl (C=O) groups is 1. The van der Waals surface area contributed by atoms with Gasteiger partial charge in [0.2, 0.25) is 11.9 Å². The molecule has 5 aliphatic carbocycles. The van der Waals surface area contributed by atoms with Crippen LogP contribution in [-0.4, -0.2) is 25.7 Å². The van der Waals surface area contributed by atoms with Crippen LogP contribution < -0.4 is 10.9 Å². The molecule has 3 heterocycles. The molecule has 0 saturated heterocycles. The summed E-state index contributed by atoms with van der Waals surface area (Å²) < 4.78 is 7.12. The van der Waals surface area contributed by atoms with Crippen molar-refractivity contribution in [1.82, 2.24) is 19.7 Å². The molecule has 0 spiro atoms. The van der Waals surface area contributed by atoms with Crippen LogP contribution in [0.1, 0.15) is 62.6 Å². The predicted molar refractivity (Wildman–Crippen MR) is 126 cm³/mol. The maximum absolute atomic E-state index is 13.8. The van der Waals surface area contributed by atoms with Gasteiger partial charge in [-0.05, 0) is 94.1 Å². The summed E-state index contributed by atoms with van der Waals surface area (Å²) in [4.78, 5) is 34.3. The molecule has 0 unspecified atom stereocenters. The third-order valence-electron chi connectivity index (χ3n) is 8.62. The van der Waals surface area contributed by atoms with Crippen molar-refractivity contribution in [1.29, 1.82) is 0 Å². The largest absolute Gasteiger partial charge is 0.463 e. The Morgan fingerprint density at radius 3 is 2.56 bits per heavy atom. The van der Waals surface area contributed by atoms with E-state index >= 15 is 0 Å². The predicted octanol–water partition coefficient (Wildman–Crippen LogP) is 4.25. The van der Waals surface area contributed by atoms with Crippen molar-refractivity contribution in [3.8, 4) is 17.4 Å². The molecule has 4 saturated carbocycles. The minimum atomic E-state index is -0.286. The first-order valence-corrected chi connectivity index (χ1v) is 12.6. The van der Waals surface area contributed by atoms with Gasteiger partial charge in [-0.2, -0.15) is 9.78 Å². The molecule has 0 aromatic carbocycles. The van der Waals surface area contributed by atoms with Crippen LogP contribution in [0.4, 0.5) is 5.82 Å². The number of nitrogens with one attached hydrogen (secondary N) is 2. The van der Waals surface area contributed by atoms with Crippen molar-refractivity contribution < 1.29 is 9.21 Å². The number of amides is 1. The standard InChI is InChI=1S/C26H29N5O3/c32-23-18-4-1-2-5-19(18)27-25(29-23)31-22(11-20(30-31)21-6-3-7-34-21)28-24(33)26-12-15-8-16(13-26)10-17(9-15)14-26/h3,6-7,11,15-17H,1-2,4-5,8-10,12-14H2,(H,28,33)(H,27,29,32). The maximum Gasteiger partial charge on any atom is 0.255 e. The average Bonchev–Trinajstić information content (AvgIpc) is 3.48. The number of hydrogen-bond donors (Lipinski definition) is 2. The Bertz CT molecular complexity index is 1280. The van der Waals surface area contributed by atoms with Gasteiger partial charge in [0, 0.05) is 11.6 Å². The lowest BCUT2D eigenvalue weighted by atomic mass is 9.49. The van der Waals surface area contributed by atoms with Crippen molar-refractivity contribution in [2.75, 3.05) is 5.32 Å². The van der Waals surface area contributed by atoms with Crippen molar-refractivity contribution in [2.45, 2.75) is 64.2 Å². The van der Waals surface area contributed by atoms with Gasteiger partial charge in [0.15, 0.2) is 5.76 Å². The molecule has 34 heavy (non-hydrogen) atoms. The summed E-state index contributed by atoms with van der Waals surface area (Å²) in [6.45, 7) is 0. The Labute approximate surface area is 197 Å². The van der Waals surface area contributed by atoms with E-state index in [1.54, 1.807) is 17.0 Å². The first-order chi connectivity index (χ1) is 16.6. The molecule has 3 aromatic rings. The van der Waals surface area contributed by atoms with Crippen molar-refractivity contribution in [3.05, 3.63) is 46.1 Å². The molecule has 8 heteroatoms. The zero-order valence-corrected chi connectivity index (χ0v) is 19.2. The number of anilines is 1. The number of nitrogens with zero attached hydrogens (tertiary/aromatic N) is 3. The SMILES string of the molecule is O=C(Nc1cc(-c2ccco2)nn1-c1nc2c(c(=O)[nH]1)CCCC2)C12CC3CC(CC(C3)C1)C2. The number of rotatable bonds is 4. The van der Waals surface area contributed by atoms with Gasteiger partial charge in [0.05, 0.1) is 17.4 Å². The quantitative estimate of drug-likeness (QED) is 0.607. The molecule has 3 aromatic heterocycles. The molecule has 1 amide bonds. The van der Waals surface area contributed by atoms with Gasteiger partial charge < -0.3 is 9.73 Å². The molecular formula is C26H29N5O3. The van der Waals surface area contributed by atoms with Crippen LogP contribution in [0.15, 0.2) is 33.7 Å². The molecule has 176 valence electrons. The lowest BCUT2D eigenvalue weighted by Crippen LogP contribution is -2.51. The molecule has 8 nitrogen and oxygen atoms in total. The van der Waals surface area contributed by atoms with E-state index in [0.29, 0.717) is 41.0 Å². The van der Waals surface area contributed by atoms with Gasteiger partial charge in [-0.3, -0.25) is 14.6 Å². The van der Waals surface area contributed by atoms with Gasteiger partial charge >= 0.3 is 0 Å². The minimum Gasteiger partial charge on any atom is -0.463 e. The van der Waals surface area contributed by atoms with E-state index in [0.717, 1.165) is 56.2 Å². The second kappa shape index (κ2) is 7.42. The highest BCUT2D eigenvalue weighted by molar-refractivity contribution is 5.95. The number of aryl methyl sites for hydroxylation is 1. The third-order valence-corrected chi connectivity index (χ3v) is 8.62. The van der Waals surface area contributed by atoms with Crippen LogP contribution >= 0.6 is 0 Å². The second-order valence-corrected chi connectivity index (χ2v) is 11.0. The molecule has 4 bridgehead atoms. The number of aromatic amines is 1. The first kappa shape index (κ1) is 20.2. The number of fused-ring (bicyclic) bond motifs is 1. The average molecular weight is 460 g/mol.